The normalized spacial score (nSPS) is 11.4. The summed E-state index contributed by atoms with van der Waals surface area (Å²) in [5.41, 5.74) is 4.07. The van der Waals surface area contributed by atoms with Crippen molar-refractivity contribution in [3.05, 3.63) is 119 Å². The summed E-state index contributed by atoms with van der Waals surface area (Å²) < 4.78 is 47.9. The van der Waals surface area contributed by atoms with Gasteiger partial charge in [-0.2, -0.15) is 0 Å². The van der Waals surface area contributed by atoms with Crippen LogP contribution in [0.5, 0.6) is 5.75 Å². The maximum absolute atomic E-state index is 13.5. The minimum atomic E-state index is -3.02. The largest absolute Gasteiger partial charge is 0.487 e. The number of amidine groups is 1. The van der Waals surface area contributed by atoms with E-state index in [2.05, 4.69) is 22.2 Å². The molecule has 0 unspecified atom stereocenters. The Morgan fingerprint density at radius 2 is 1.88 bits per heavy atom. The molecule has 1 aromatic heterocycles. The molecule has 0 saturated heterocycles. The highest BCUT2D eigenvalue weighted by atomic mass is 35.5. The van der Waals surface area contributed by atoms with E-state index in [1.54, 1.807) is 24.3 Å². The van der Waals surface area contributed by atoms with Gasteiger partial charge in [0, 0.05) is 35.8 Å². The summed E-state index contributed by atoms with van der Waals surface area (Å²) in [5.74, 6) is 2.15. The molecule has 4 rings (SSSR count). The molecule has 0 aliphatic carbocycles. The molecule has 10 heteroatoms. The Kier molecular flexibility index (Phi) is 12.5. The number of nitrogens with one attached hydrogen (secondary N) is 2. The SMILES string of the molecule is C=CN=C(Nc1ccc(OCc2cccc(F)c2)c(Cl)c1)c1cc(-c2ccc(CNCCS(C)(=O)=O)o2)ccc1C.CC. The quantitative estimate of drug-likeness (QED) is 0.0948. The number of aryl methyl sites for hydroxylation is 1. The number of nitrogens with zero attached hydrogens (tertiary/aromatic N) is 1. The van der Waals surface area contributed by atoms with Crippen molar-refractivity contribution in [2.24, 2.45) is 4.99 Å². The molecule has 1 heterocycles. The fourth-order valence-corrected chi connectivity index (χ4v) is 4.76. The van der Waals surface area contributed by atoms with E-state index < -0.39 is 9.84 Å². The Balaban J connectivity index is 0.00000248. The summed E-state index contributed by atoms with van der Waals surface area (Å²) in [7, 11) is -3.02. The molecule has 0 spiro atoms. The molecule has 0 aliphatic heterocycles. The van der Waals surface area contributed by atoms with Gasteiger partial charge in [0.15, 0.2) is 0 Å². The average Bonchev–Trinajstić information content (AvgIpc) is 3.45. The van der Waals surface area contributed by atoms with Gasteiger partial charge in [0.1, 0.15) is 45.4 Å². The van der Waals surface area contributed by atoms with E-state index in [4.69, 9.17) is 20.8 Å². The number of benzene rings is 3. The highest BCUT2D eigenvalue weighted by Gasteiger charge is 2.13. The number of sulfone groups is 1. The lowest BCUT2D eigenvalue weighted by atomic mass is 10.0. The zero-order valence-corrected chi connectivity index (χ0v) is 26.4. The maximum atomic E-state index is 13.5. The number of ether oxygens (including phenoxy) is 1. The number of hydrogen-bond acceptors (Lipinski definition) is 6. The first-order valence-electron chi connectivity index (χ1n) is 13.8. The highest BCUT2D eigenvalue weighted by molar-refractivity contribution is 7.90. The third-order valence-corrected chi connectivity index (χ3v) is 7.33. The lowest BCUT2D eigenvalue weighted by Crippen LogP contribution is -2.21. The van der Waals surface area contributed by atoms with Crippen molar-refractivity contribution in [3.63, 3.8) is 0 Å². The number of furan rings is 1. The van der Waals surface area contributed by atoms with Crippen molar-refractivity contribution >= 4 is 33.0 Å². The fourth-order valence-electron chi connectivity index (χ4n) is 4.01. The third-order valence-electron chi connectivity index (χ3n) is 6.09. The van der Waals surface area contributed by atoms with Crippen LogP contribution in [-0.4, -0.2) is 32.8 Å². The van der Waals surface area contributed by atoms with Crippen LogP contribution in [0.2, 0.25) is 5.02 Å². The van der Waals surface area contributed by atoms with Crippen molar-refractivity contribution in [3.8, 4) is 17.1 Å². The van der Waals surface area contributed by atoms with E-state index in [1.807, 2.05) is 57.2 Å². The number of anilines is 1. The van der Waals surface area contributed by atoms with Crippen molar-refractivity contribution < 1.29 is 22.0 Å². The first-order chi connectivity index (χ1) is 20.6. The van der Waals surface area contributed by atoms with Crippen LogP contribution in [-0.2, 0) is 23.0 Å². The maximum Gasteiger partial charge on any atom is 0.148 e. The lowest BCUT2D eigenvalue weighted by molar-refractivity contribution is 0.306. The summed E-state index contributed by atoms with van der Waals surface area (Å²) in [4.78, 5) is 4.47. The molecule has 0 fully saturated rings. The zero-order valence-electron chi connectivity index (χ0n) is 24.8. The van der Waals surface area contributed by atoms with Crippen LogP contribution >= 0.6 is 11.6 Å². The minimum absolute atomic E-state index is 0.0657. The van der Waals surface area contributed by atoms with Crippen LogP contribution in [0.4, 0.5) is 10.1 Å². The zero-order chi connectivity index (χ0) is 31.4. The molecule has 3 aromatic carbocycles. The molecule has 228 valence electrons. The van der Waals surface area contributed by atoms with E-state index >= 15 is 0 Å². The van der Waals surface area contributed by atoms with E-state index in [0.29, 0.717) is 52.5 Å². The first kappa shape index (κ1) is 33.6. The molecule has 0 atom stereocenters. The Morgan fingerprint density at radius 3 is 2.58 bits per heavy atom. The summed E-state index contributed by atoms with van der Waals surface area (Å²) in [6.45, 7) is 10.7. The predicted molar refractivity (Wildman–Crippen MR) is 174 cm³/mol. The Morgan fingerprint density at radius 1 is 1.09 bits per heavy atom. The third kappa shape index (κ3) is 10.4. The minimum Gasteiger partial charge on any atom is -0.487 e. The Labute approximate surface area is 258 Å². The van der Waals surface area contributed by atoms with Gasteiger partial charge < -0.3 is 19.8 Å². The highest BCUT2D eigenvalue weighted by Crippen LogP contribution is 2.30. The average molecular weight is 626 g/mol. The van der Waals surface area contributed by atoms with Gasteiger partial charge in [-0.15, -0.1) is 0 Å². The van der Waals surface area contributed by atoms with Gasteiger partial charge >= 0.3 is 0 Å². The molecule has 0 aliphatic rings. The number of aliphatic imine (C=N–C) groups is 1. The predicted octanol–water partition coefficient (Wildman–Crippen LogP) is 7.79. The lowest BCUT2D eigenvalue weighted by Gasteiger charge is -2.15. The fraction of sp³-hybridized carbons (Fsp3) is 0.242. The van der Waals surface area contributed by atoms with E-state index in [1.165, 1.54) is 24.6 Å². The smallest absolute Gasteiger partial charge is 0.148 e. The summed E-state index contributed by atoms with van der Waals surface area (Å²) in [6, 6.07) is 21.2. The molecular formula is C33H37ClFN3O4S. The first-order valence-corrected chi connectivity index (χ1v) is 16.3. The van der Waals surface area contributed by atoms with Gasteiger partial charge in [0.25, 0.3) is 0 Å². The molecule has 0 radical (unpaired) electrons. The summed E-state index contributed by atoms with van der Waals surface area (Å²) >= 11 is 6.49. The number of halogens is 2. The van der Waals surface area contributed by atoms with Gasteiger partial charge in [-0.25, -0.2) is 17.8 Å². The second kappa shape index (κ2) is 16.1. The van der Waals surface area contributed by atoms with Crippen molar-refractivity contribution in [1.82, 2.24) is 5.32 Å². The van der Waals surface area contributed by atoms with E-state index in [-0.39, 0.29) is 18.2 Å². The van der Waals surface area contributed by atoms with Crippen LogP contribution in [0.15, 0.2) is 95.0 Å². The van der Waals surface area contributed by atoms with Crippen LogP contribution in [0, 0.1) is 12.7 Å². The second-order valence-electron chi connectivity index (χ2n) is 9.45. The van der Waals surface area contributed by atoms with Gasteiger partial charge in [0.2, 0.25) is 0 Å². The van der Waals surface area contributed by atoms with Gasteiger partial charge in [-0.05, 0) is 66.6 Å². The second-order valence-corrected chi connectivity index (χ2v) is 12.1. The standard InChI is InChI=1S/C31H31ClFN3O4S.C2H6/c1-4-35-31(36-25-10-12-30(28(32)18-25)39-20-22-6-5-7-24(33)16-22)27-17-23(9-8-21(27)2)29-13-11-26(40-29)19-34-14-15-41(3,37)38;1-2/h4-13,16-18,34H,1,14-15,19-20H2,2-3H3,(H,35,36);1-2H3. The summed E-state index contributed by atoms with van der Waals surface area (Å²) in [6.07, 6.45) is 2.67. The molecule has 2 N–H and O–H groups in total. The topological polar surface area (TPSA) is 92.9 Å². The number of rotatable bonds is 12. The number of hydrogen-bond donors (Lipinski definition) is 2. The van der Waals surface area contributed by atoms with E-state index in [0.717, 1.165) is 16.7 Å². The van der Waals surface area contributed by atoms with Crippen LogP contribution in [0.3, 0.4) is 0 Å². The van der Waals surface area contributed by atoms with Gasteiger partial charge in [0.05, 0.1) is 17.3 Å². The van der Waals surface area contributed by atoms with Crippen molar-refractivity contribution in [1.29, 1.82) is 0 Å². The van der Waals surface area contributed by atoms with Crippen LogP contribution < -0.4 is 15.4 Å². The molecule has 0 bridgehead atoms. The van der Waals surface area contributed by atoms with Crippen LogP contribution in [0.1, 0.15) is 36.3 Å². The Hall–Kier alpha value is -3.92. The molecule has 43 heavy (non-hydrogen) atoms. The summed E-state index contributed by atoms with van der Waals surface area (Å²) in [5, 5.41) is 6.79. The van der Waals surface area contributed by atoms with Gasteiger partial charge in [-0.3, -0.25) is 0 Å². The van der Waals surface area contributed by atoms with E-state index in [9.17, 15) is 12.8 Å². The van der Waals surface area contributed by atoms with Crippen molar-refractivity contribution in [2.75, 3.05) is 23.9 Å². The molecule has 4 aromatic rings. The Bertz CT molecular complexity index is 1670. The molecule has 0 saturated carbocycles. The van der Waals surface area contributed by atoms with Crippen molar-refractivity contribution in [2.45, 2.75) is 33.9 Å². The van der Waals surface area contributed by atoms with Gasteiger partial charge in [-0.1, -0.05) is 56.3 Å². The monoisotopic (exact) mass is 625 g/mol. The molecule has 0 amide bonds. The molecular weight excluding hydrogens is 589 g/mol. The molecule has 7 nitrogen and oxygen atoms in total. The van der Waals surface area contributed by atoms with Crippen LogP contribution in [0.25, 0.3) is 11.3 Å².